The van der Waals surface area contributed by atoms with Crippen LogP contribution < -0.4 is 5.32 Å². The van der Waals surface area contributed by atoms with Crippen molar-refractivity contribution in [3.05, 3.63) is 94.5 Å². The fraction of sp³-hybridized carbons (Fsp3) is 0.312. The number of nitrogens with one attached hydrogen (secondary N) is 1. The maximum atomic E-state index is 12.9. The Morgan fingerprint density at radius 2 is 1.77 bits per heavy atom. The summed E-state index contributed by atoms with van der Waals surface area (Å²) in [7, 11) is 0. The fourth-order valence-corrected chi connectivity index (χ4v) is 5.00. The first-order chi connectivity index (χ1) is 18.7. The second-order valence-corrected chi connectivity index (χ2v) is 11.2. The molecule has 7 heteroatoms. The van der Waals surface area contributed by atoms with E-state index in [4.69, 9.17) is 4.52 Å². The fourth-order valence-electron chi connectivity index (χ4n) is 5.00. The third-order valence-electron chi connectivity index (χ3n) is 7.34. The smallest absolute Gasteiger partial charge is 0.307 e. The van der Waals surface area contributed by atoms with Crippen molar-refractivity contribution in [3.63, 3.8) is 0 Å². The van der Waals surface area contributed by atoms with Gasteiger partial charge in [0.1, 0.15) is 0 Å². The molecule has 200 valence electrons. The maximum absolute atomic E-state index is 12.9. The molecule has 0 bridgehead atoms. The molecule has 39 heavy (non-hydrogen) atoms. The predicted molar refractivity (Wildman–Crippen MR) is 149 cm³/mol. The number of aliphatic carboxylic acids is 1. The first-order valence-electron chi connectivity index (χ1n) is 13.3. The van der Waals surface area contributed by atoms with Gasteiger partial charge in [-0.1, -0.05) is 86.6 Å². The van der Waals surface area contributed by atoms with E-state index in [1.165, 1.54) is 11.1 Å². The van der Waals surface area contributed by atoms with Crippen LogP contribution in [0.5, 0.6) is 0 Å². The molecule has 5 rings (SSSR count). The molecule has 0 unspecified atom stereocenters. The number of fused-ring (bicyclic) bond motifs is 1. The lowest BCUT2D eigenvalue weighted by Gasteiger charge is -2.19. The number of hydrogen-bond donors (Lipinski definition) is 2. The standard InChI is InChI=1S/C32H33N3O4/c1-32(2,3)25-13-11-21(12-14-25)28(36)18-24(31(37)38)17-20-7-9-22(10-8-20)29-34-30(39-35-29)27-6-4-5-23-19-33-16-15-26(23)27/h4-14,24,33H,15-19H2,1-3H3,(H,37,38)/t24-/m1/s1. The molecule has 1 aliphatic rings. The Bertz CT molecular complexity index is 1480. The van der Waals surface area contributed by atoms with Gasteiger partial charge in [0.25, 0.3) is 5.89 Å². The number of aromatic nitrogens is 2. The van der Waals surface area contributed by atoms with Gasteiger partial charge in [0.2, 0.25) is 5.82 Å². The number of rotatable bonds is 8. The molecule has 0 radical (unpaired) electrons. The van der Waals surface area contributed by atoms with Gasteiger partial charge in [-0.05, 0) is 53.1 Å². The summed E-state index contributed by atoms with van der Waals surface area (Å²) in [6, 6.07) is 21.0. The van der Waals surface area contributed by atoms with Gasteiger partial charge in [0.15, 0.2) is 5.78 Å². The summed E-state index contributed by atoms with van der Waals surface area (Å²) >= 11 is 0. The third kappa shape index (κ3) is 5.99. The highest BCUT2D eigenvalue weighted by atomic mass is 16.5. The van der Waals surface area contributed by atoms with E-state index in [2.05, 4.69) is 42.3 Å². The lowest BCUT2D eigenvalue weighted by atomic mass is 9.86. The monoisotopic (exact) mass is 523 g/mol. The van der Waals surface area contributed by atoms with E-state index in [9.17, 15) is 14.7 Å². The molecular weight excluding hydrogens is 490 g/mol. The van der Waals surface area contributed by atoms with Gasteiger partial charge in [-0.3, -0.25) is 9.59 Å². The minimum atomic E-state index is -0.983. The summed E-state index contributed by atoms with van der Waals surface area (Å²) < 4.78 is 5.61. The Morgan fingerprint density at radius 3 is 2.46 bits per heavy atom. The third-order valence-corrected chi connectivity index (χ3v) is 7.34. The average Bonchev–Trinajstić information content (AvgIpc) is 3.42. The van der Waals surface area contributed by atoms with Crippen molar-refractivity contribution in [2.24, 2.45) is 5.92 Å². The van der Waals surface area contributed by atoms with Crippen molar-refractivity contribution in [1.29, 1.82) is 0 Å². The minimum absolute atomic E-state index is 0.0148. The second-order valence-electron chi connectivity index (χ2n) is 11.2. The zero-order valence-electron chi connectivity index (χ0n) is 22.5. The summed E-state index contributed by atoms with van der Waals surface area (Å²) in [5.41, 5.74) is 6.71. The molecule has 0 saturated heterocycles. The van der Waals surface area contributed by atoms with Crippen molar-refractivity contribution >= 4 is 11.8 Å². The van der Waals surface area contributed by atoms with Crippen molar-refractivity contribution < 1.29 is 19.2 Å². The average molecular weight is 524 g/mol. The van der Waals surface area contributed by atoms with E-state index in [0.717, 1.165) is 41.8 Å². The molecule has 0 aliphatic carbocycles. The molecule has 1 atom stereocenters. The van der Waals surface area contributed by atoms with Gasteiger partial charge in [-0.25, -0.2) is 0 Å². The van der Waals surface area contributed by atoms with Gasteiger partial charge < -0.3 is 14.9 Å². The van der Waals surface area contributed by atoms with Crippen LogP contribution in [0.3, 0.4) is 0 Å². The zero-order chi connectivity index (χ0) is 27.6. The highest BCUT2D eigenvalue weighted by molar-refractivity contribution is 5.98. The van der Waals surface area contributed by atoms with Crippen LogP contribution in [0.15, 0.2) is 71.3 Å². The predicted octanol–water partition coefficient (Wildman–Crippen LogP) is 5.86. The van der Waals surface area contributed by atoms with Crippen molar-refractivity contribution in [2.45, 2.75) is 52.0 Å². The van der Waals surface area contributed by atoms with E-state index in [-0.39, 0.29) is 24.0 Å². The van der Waals surface area contributed by atoms with E-state index in [1.807, 2.05) is 48.5 Å². The normalized spacial score (nSPS) is 14.0. The largest absolute Gasteiger partial charge is 0.481 e. The van der Waals surface area contributed by atoms with Crippen LogP contribution in [0.25, 0.3) is 22.8 Å². The lowest BCUT2D eigenvalue weighted by Crippen LogP contribution is -2.24. The van der Waals surface area contributed by atoms with Crippen LogP contribution in [-0.4, -0.2) is 33.5 Å². The molecule has 0 amide bonds. The van der Waals surface area contributed by atoms with Crippen LogP contribution in [0, 0.1) is 5.92 Å². The van der Waals surface area contributed by atoms with Crippen LogP contribution in [0.4, 0.5) is 0 Å². The lowest BCUT2D eigenvalue weighted by molar-refractivity contribution is -0.141. The SMILES string of the molecule is CC(C)(C)c1ccc(C(=O)C[C@@H](Cc2ccc(-c3noc(-c4cccc5c4CCNC5)n3)cc2)C(=O)O)cc1. The van der Waals surface area contributed by atoms with E-state index >= 15 is 0 Å². The number of carboxylic acid groups (broad SMARTS) is 1. The topological polar surface area (TPSA) is 105 Å². The molecule has 0 spiro atoms. The van der Waals surface area contributed by atoms with Crippen LogP contribution in [0.2, 0.25) is 0 Å². The quantitative estimate of drug-likeness (QED) is 0.279. The first kappa shape index (κ1) is 26.5. The number of hydrogen-bond acceptors (Lipinski definition) is 6. The van der Waals surface area contributed by atoms with E-state index in [0.29, 0.717) is 17.3 Å². The molecule has 1 aliphatic heterocycles. The summed E-state index contributed by atoms with van der Waals surface area (Å²) in [5.74, 6) is -0.999. The van der Waals surface area contributed by atoms with E-state index in [1.54, 1.807) is 12.1 Å². The number of carbonyl (C=O) groups is 2. The van der Waals surface area contributed by atoms with Crippen LogP contribution in [-0.2, 0) is 29.6 Å². The number of ketones is 1. The highest BCUT2D eigenvalue weighted by Gasteiger charge is 2.24. The number of carboxylic acids is 1. The second kappa shape index (κ2) is 10.9. The summed E-state index contributed by atoms with van der Waals surface area (Å²) in [6.45, 7) is 8.08. The Kier molecular flexibility index (Phi) is 7.44. The molecule has 1 aromatic heterocycles. The molecule has 7 nitrogen and oxygen atoms in total. The van der Waals surface area contributed by atoms with Gasteiger partial charge in [-0.2, -0.15) is 4.98 Å². The Labute approximate surface area is 228 Å². The summed E-state index contributed by atoms with van der Waals surface area (Å²) in [5, 5.41) is 17.4. The van der Waals surface area contributed by atoms with Crippen molar-refractivity contribution in [1.82, 2.24) is 15.5 Å². The Balaban J connectivity index is 1.27. The van der Waals surface area contributed by atoms with E-state index < -0.39 is 11.9 Å². The summed E-state index contributed by atoms with van der Waals surface area (Å²) in [4.78, 5) is 29.5. The minimum Gasteiger partial charge on any atom is -0.481 e. The van der Waals surface area contributed by atoms with Crippen LogP contribution >= 0.6 is 0 Å². The van der Waals surface area contributed by atoms with Gasteiger partial charge in [-0.15, -0.1) is 0 Å². The molecular formula is C32H33N3O4. The van der Waals surface area contributed by atoms with Gasteiger partial charge in [0.05, 0.1) is 5.92 Å². The Morgan fingerprint density at radius 1 is 1.03 bits per heavy atom. The molecule has 2 heterocycles. The number of benzene rings is 3. The number of nitrogens with zero attached hydrogens (tertiary/aromatic N) is 2. The molecule has 0 saturated carbocycles. The molecule has 2 N–H and O–H groups in total. The zero-order valence-corrected chi connectivity index (χ0v) is 22.5. The first-order valence-corrected chi connectivity index (χ1v) is 13.3. The Hall–Kier alpha value is -4.10. The van der Waals surface area contributed by atoms with Crippen molar-refractivity contribution in [3.8, 4) is 22.8 Å². The van der Waals surface area contributed by atoms with Gasteiger partial charge in [0, 0.05) is 29.7 Å². The highest BCUT2D eigenvalue weighted by Crippen LogP contribution is 2.29. The maximum Gasteiger partial charge on any atom is 0.307 e. The van der Waals surface area contributed by atoms with Crippen LogP contribution in [0.1, 0.15) is 59.8 Å². The number of carbonyl (C=O) groups excluding carboxylic acids is 1. The molecule has 3 aromatic carbocycles. The molecule has 0 fully saturated rings. The molecule has 4 aromatic rings. The van der Waals surface area contributed by atoms with Gasteiger partial charge >= 0.3 is 5.97 Å². The van der Waals surface area contributed by atoms with Crippen molar-refractivity contribution in [2.75, 3.05) is 6.54 Å². The number of Topliss-reactive ketones (excluding diaryl/α,β-unsaturated/α-hetero) is 1. The summed E-state index contributed by atoms with van der Waals surface area (Å²) in [6.07, 6.45) is 1.10.